The first-order valence-corrected chi connectivity index (χ1v) is 5.34. The summed E-state index contributed by atoms with van der Waals surface area (Å²) in [5.41, 5.74) is 0.900. The zero-order chi connectivity index (χ0) is 12.9. The SMILES string of the molecule is COc1ccccc1CC(C)NCC(F)(F)F. The molecule has 0 aromatic heterocycles. The van der Waals surface area contributed by atoms with Crippen LogP contribution in [0.1, 0.15) is 12.5 Å². The van der Waals surface area contributed by atoms with Crippen molar-refractivity contribution in [1.82, 2.24) is 5.32 Å². The van der Waals surface area contributed by atoms with Crippen LogP contribution in [-0.4, -0.2) is 25.9 Å². The summed E-state index contributed by atoms with van der Waals surface area (Å²) in [6, 6.07) is 7.06. The Labute approximate surface area is 98.8 Å². The number of halogens is 3. The van der Waals surface area contributed by atoms with E-state index in [1.807, 2.05) is 18.2 Å². The molecule has 0 bridgehead atoms. The van der Waals surface area contributed by atoms with Crippen LogP contribution in [-0.2, 0) is 6.42 Å². The van der Waals surface area contributed by atoms with Gasteiger partial charge in [0.25, 0.3) is 0 Å². The molecule has 0 saturated carbocycles. The van der Waals surface area contributed by atoms with Gasteiger partial charge < -0.3 is 10.1 Å². The summed E-state index contributed by atoms with van der Waals surface area (Å²) >= 11 is 0. The predicted molar refractivity (Wildman–Crippen MR) is 60.2 cm³/mol. The zero-order valence-corrected chi connectivity index (χ0v) is 9.84. The molecule has 1 unspecified atom stereocenters. The molecule has 96 valence electrons. The largest absolute Gasteiger partial charge is 0.496 e. The maximum absolute atomic E-state index is 12.0. The average Bonchev–Trinajstić information content (AvgIpc) is 2.26. The second-order valence-electron chi connectivity index (χ2n) is 3.91. The molecule has 0 aliphatic rings. The molecule has 1 aromatic rings. The molecule has 2 nitrogen and oxygen atoms in total. The van der Waals surface area contributed by atoms with E-state index in [-0.39, 0.29) is 6.04 Å². The second kappa shape index (κ2) is 5.91. The predicted octanol–water partition coefficient (Wildman–Crippen LogP) is 2.78. The topological polar surface area (TPSA) is 21.3 Å². The van der Waals surface area contributed by atoms with Crippen molar-refractivity contribution in [2.45, 2.75) is 25.6 Å². The number of benzene rings is 1. The van der Waals surface area contributed by atoms with Gasteiger partial charge in [0, 0.05) is 6.04 Å². The Hall–Kier alpha value is -1.23. The Morgan fingerprint density at radius 1 is 1.29 bits per heavy atom. The minimum Gasteiger partial charge on any atom is -0.496 e. The Kier molecular flexibility index (Phi) is 4.81. The van der Waals surface area contributed by atoms with Gasteiger partial charge in [-0.25, -0.2) is 0 Å². The van der Waals surface area contributed by atoms with Gasteiger partial charge in [-0.2, -0.15) is 13.2 Å². The molecule has 5 heteroatoms. The Bertz CT molecular complexity index is 352. The molecule has 0 aliphatic heterocycles. The molecule has 0 amide bonds. The molecule has 1 N–H and O–H groups in total. The highest BCUT2D eigenvalue weighted by Crippen LogP contribution is 2.19. The summed E-state index contributed by atoms with van der Waals surface area (Å²) in [5.74, 6) is 0.702. The van der Waals surface area contributed by atoms with Gasteiger partial charge in [0.1, 0.15) is 5.75 Å². The lowest BCUT2D eigenvalue weighted by atomic mass is 10.1. The summed E-state index contributed by atoms with van der Waals surface area (Å²) in [4.78, 5) is 0. The molecule has 1 rings (SSSR count). The fourth-order valence-electron chi connectivity index (χ4n) is 1.56. The lowest BCUT2D eigenvalue weighted by Gasteiger charge is -2.16. The van der Waals surface area contributed by atoms with Crippen molar-refractivity contribution in [3.05, 3.63) is 29.8 Å². The van der Waals surface area contributed by atoms with Crippen LogP contribution in [0, 0.1) is 0 Å². The van der Waals surface area contributed by atoms with Gasteiger partial charge in [-0.3, -0.25) is 0 Å². The summed E-state index contributed by atoms with van der Waals surface area (Å²) in [7, 11) is 1.55. The lowest BCUT2D eigenvalue weighted by molar-refractivity contribution is -0.126. The first-order chi connectivity index (χ1) is 7.92. The summed E-state index contributed by atoms with van der Waals surface area (Å²) in [6.45, 7) is 0.751. The third kappa shape index (κ3) is 5.08. The first-order valence-electron chi connectivity index (χ1n) is 5.34. The van der Waals surface area contributed by atoms with E-state index in [0.717, 1.165) is 5.56 Å². The van der Waals surface area contributed by atoms with E-state index in [1.165, 1.54) is 0 Å². The van der Waals surface area contributed by atoms with Gasteiger partial charge in [-0.1, -0.05) is 18.2 Å². The second-order valence-corrected chi connectivity index (χ2v) is 3.91. The molecule has 0 radical (unpaired) electrons. The van der Waals surface area contributed by atoms with Gasteiger partial charge >= 0.3 is 6.18 Å². The third-order valence-corrected chi connectivity index (χ3v) is 2.37. The normalized spacial score (nSPS) is 13.5. The van der Waals surface area contributed by atoms with Crippen LogP contribution in [0.25, 0.3) is 0 Å². The molecular formula is C12H16F3NO. The molecular weight excluding hydrogens is 231 g/mol. The number of nitrogens with one attached hydrogen (secondary N) is 1. The number of alkyl halides is 3. The highest BCUT2D eigenvalue weighted by atomic mass is 19.4. The van der Waals surface area contributed by atoms with E-state index >= 15 is 0 Å². The van der Waals surface area contributed by atoms with Gasteiger partial charge in [0.15, 0.2) is 0 Å². The van der Waals surface area contributed by atoms with E-state index in [9.17, 15) is 13.2 Å². The van der Waals surface area contributed by atoms with Crippen LogP contribution < -0.4 is 10.1 Å². The minimum absolute atomic E-state index is 0.257. The van der Waals surface area contributed by atoms with Gasteiger partial charge in [-0.15, -0.1) is 0 Å². The molecule has 17 heavy (non-hydrogen) atoms. The number of rotatable bonds is 5. The highest BCUT2D eigenvalue weighted by Gasteiger charge is 2.27. The smallest absolute Gasteiger partial charge is 0.401 e. The Morgan fingerprint density at radius 2 is 1.94 bits per heavy atom. The number of methoxy groups -OCH3 is 1. The summed E-state index contributed by atoms with van der Waals surface area (Å²) in [5, 5.41) is 2.44. The van der Waals surface area contributed by atoms with Crippen molar-refractivity contribution in [3.63, 3.8) is 0 Å². The van der Waals surface area contributed by atoms with E-state index < -0.39 is 12.7 Å². The zero-order valence-electron chi connectivity index (χ0n) is 9.84. The van der Waals surface area contributed by atoms with E-state index in [1.54, 1.807) is 20.1 Å². The lowest BCUT2D eigenvalue weighted by Crippen LogP contribution is -2.36. The molecule has 0 spiro atoms. The number of ether oxygens (including phenoxy) is 1. The van der Waals surface area contributed by atoms with Crippen molar-refractivity contribution in [2.24, 2.45) is 0 Å². The monoisotopic (exact) mass is 247 g/mol. The number of hydrogen-bond donors (Lipinski definition) is 1. The van der Waals surface area contributed by atoms with Crippen molar-refractivity contribution in [3.8, 4) is 5.75 Å². The van der Waals surface area contributed by atoms with Crippen LogP contribution in [0.2, 0.25) is 0 Å². The molecule has 0 fully saturated rings. The molecule has 0 saturated heterocycles. The van der Waals surface area contributed by atoms with Crippen LogP contribution in [0.15, 0.2) is 24.3 Å². The Morgan fingerprint density at radius 3 is 2.53 bits per heavy atom. The van der Waals surface area contributed by atoms with Crippen LogP contribution in [0.4, 0.5) is 13.2 Å². The molecule has 0 aliphatic carbocycles. The van der Waals surface area contributed by atoms with E-state index in [2.05, 4.69) is 5.32 Å². The van der Waals surface area contributed by atoms with Crippen LogP contribution in [0.3, 0.4) is 0 Å². The molecule has 1 atom stereocenters. The summed E-state index contributed by atoms with van der Waals surface area (Å²) in [6.07, 6.45) is -3.67. The van der Waals surface area contributed by atoms with Crippen molar-refractivity contribution in [2.75, 3.05) is 13.7 Å². The highest BCUT2D eigenvalue weighted by molar-refractivity contribution is 5.33. The van der Waals surface area contributed by atoms with Crippen LogP contribution >= 0.6 is 0 Å². The molecule has 1 aromatic carbocycles. The third-order valence-electron chi connectivity index (χ3n) is 2.37. The molecule has 0 heterocycles. The number of hydrogen-bond acceptors (Lipinski definition) is 2. The van der Waals surface area contributed by atoms with E-state index in [0.29, 0.717) is 12.2 Å². The maximum Gasteiger partial charge on any atom is 0.401 e. The summed E-state index contributed by atoms with van der Waals surface area (Å²) < 4.78 is 41.2. The average molecular weight is 247 g/mol. The van der Waals surface area contributed by atoms with E-state index in [4.69, 9.17) is 4.74 Å². The first kappa shape index (κ1) is 13.8. The van der Waals surface area contributed by atoms with Crippen molar-refractivity contribution >= 4 is 0 Å². The van der Waals surface area contributed by atoms with Crippen molar-refractivity contribution in [1.29, 1.82) is 0 Å². The maximum atomic E-state index is 12.0. The van der Waals surface area contributed by atoms with Gasteiger partial charge in [0.2, 0.25) is 0 Å². The fraction of sp³-hybridized carbons (Fsp3) is 0.500. The number of para-hydroxylation sites is 1. The van der Waals surface area contributed by atoms with Gasteiger partial charge in [-0.05, 0) is 25.0 Å². The Balaban J connectivity index is 2.53. The minimum atomic E-state index is -4.17. The van der Waals surface area contributed by atoms with Gasteiger partial charge in [0.05, 0.1) is 13.7 Å². The fourth-order valence-corrected chi connectivity index (χ4v) is 1.56. The standard InChI is InChI=1S/C12H16F3NO/c1-9(16-8-12(13,14)15)7-10-5-3-4-6-11(10)17-2/h3-6,9,16H,7-8H2,1-2H3. The van der Waals surface area contributed by atoms with Crippen LogP contribution in [0.5, 0.6) is 5.75 Å². The van der Waals surface area contributed by atoms with Crippen molar-refractivity contribution < 1.29 is 17.9 Å². The quantitative estimate of drug-likeness (QED) is 0.863.